The van der Waals surface area contributed by atoms with Crippen molar-refractivity contribution in [2.24, 2.45) is 11.5 Å². The fourth-order valence-electron chi connectivity index (χ4n) is 0.377. The Morgan fingerprint density at radius 3 is 2.33 bits per heavy atom. The van der Waals surface area contributed by atoms with Gasteiger partial charge in [-0.1, -0.05) is 18.1 Å². The minimum atomic E-state index is -1.11. The molecule has 0 aromatic carbocycles. The van der Waals surface area contributed by atoms with Crippen LogP contribution in [0.25, 0.3) is 0 Å². The molecule has 0 rings (SSSR count). The van der Waals surface area contributed by atoms with Crippen LogP contribution in [-0.2, 0) is 4.79 Å². The number of hydrogen-bond acceptors (Lipinski definition) is 3. The first-order valence-electron chi connectivity index (χ1n) is 2.96. The van der Waals surface area contributed by atoms with Crippen molar-refractivity contribution in [1.29, 1.82) is 0 Å². The van der Waals surface area contributed by atoms with E-state index in [4.69, 9.17) is 23.0 Å². The number of nitrogens with two attached hydrogens (primary N) is 2. The van der Waals surface area contributed by atoms with Gasteiger partial charge in [0.1, 0.15) is 6.04 Å². The molecular formula is C7H11ClN2O2. The zero-order valence-electron chi connectivity index (χ0n) is 6.31. The highest BCUT2D eigenvalue weighted by Crippen LogP contribution is 1.84. The number of hydrogen-bond donors (Lipinski definition) is 3. The number of aliphatic carboxylic acids is 1. The van der Waals surface area contributed by atoms with Gasteiger partial charge < -0.3 is 16.6 Å². The lowest BCUT2D eigenvalue weighted by atomic mass is 10.2. The Balaban J connectivity index is 0. The summed E-state index contributed by atoms with van der Waals surface area (Å²) in [6, 6.07) is -1.60. The molecule has 2 atom stereocenters. The van der Waals surface area contributed by atoms with Gasteiger partial charge >= 0.3 is 5.97 Å². The molecule has 0 fully saturated rings. The van der Waals surface area contributed by atoms with Gasteiger partial charge in [0.25, 0.3) is 0 Å². The van der Waals surface area contributed by atoms with E-state index in [0.29, 0.717) is 0 Å². The van der Waals surface area contributed by atoms with E-state index < -0.39 is 18.1 Å². The first kappa shape index (κ1) is 13.6. The average molecular weight is 191 g/mol. The molecule has 0 bridgehead atoms. The predicted molar refractivity (Wildman–Crippen MR) is 48.8 cm³/mol. The molecule has 0 heterocycles. The van der Waals surface area contributed by atoms with E-state index in [0.717, 1.165) is 0 Å². The first-order chi connectivity index (χ1) is 5.07. The van der Waals surface area contributed by atoms with Gasteiger partial charge in [0.05, 0.1) is 6.04 Å². The van der Waals surface area contributed by atoms with Gasteiger partial charge in [-0.3, -0.25) is 4.79 Å². The Bertz CT molecular complexity index is 210. The molecule has 68 valence electrons. The van der Waals surface area contributed by atoms with Gasteiger partial charge in [-0.25, -0.2) is 0 Å². The molecule has 0 aliphatic rings. The third kappa shape index (κ3) is 5.74. The molecule has 0 aromatic rings. The van der Waals surface area contributed by atoms with Crippen LogP contribution in [0.5, 0.6) is 0 Å². The van der Waals surface area contributed by atoms with Gasteiger partial charge in [0, 0.05) is 0 Å². The van der Waals surface area contributed by atoms with Crippen LogP contribution >= 0.6 is 12.4 Å². The molecule has 4 nitrogen and oxygen atoms in total. The van der Waals surface area contributed by atoms with E-state index >= 15 is 0 Å². The van der Waals surface area contributed by atoms with Gasteiger partial charge in [0.2, 0.25) is 0 Å². The summed E-state index contributed by atoms with van der Waals surface area (Å²) in [5.41, 5.74) is 10.4. The zero-order chi connectivity index (χ0) is 8.85. The lowest BCUT2D eigenvalue weighted by molar-refractivity contribution is -0.137. The van der Waals surface area contributed by atoms with Crippen molar-refractivity contribution in [3.8, 4) is 12.3 Å². The second-order valence-electron chi connectivity index (χ2n) is 1.94. The molecule has 5 heteroatoms. The Morgan fingerprint density at radius 1 is 1.50 bits per heavy atom. The molecule has 0 saturated carbocycles. The van der Waals surface area contributed by atoms with Crippen LogP contribution < -0.4 is 11.5 Å². The maximum Gasteiger partial charge on any atom is 0.324 e. The zero-order valence-corrected chi connectivity index (χ0v) is 7.12. The van der Waals surface area contributed by atoms with Gasteiger partial charge in [-0.05, 0) is 0 Å². The van der Waals surface area contributed by atoms with E-state index in [1.165, 1.54) is 12.2 Å². The van der Waals surface area contributed by atoms with Crippen LogP contribution in [0.4, 0.5) is 0 Å². The summed E-state index contributed by atoms with van der Waals surface area (Å²) in [4.78, 5) is 10.1. The maximum absolute atomic E-state index is 10.1. The predicted octanol–water partition coefficient (Wildman–Crippen LogP) is -0.663. The molecule has 0 radical (unpaired) electrons. The normalized spacial score (nSPS) is 14.4. The summed E-state index contributed by atoms with van der Waals surface area (Å²) < 4.78 is 0. The number of halogens is 1. The van der Waals surface area contributed by atoms with Crippen LogP contribution in [0.15, 0.2) is 12.2 Å². The topological polar surface area (TPSA) is 89.3 Å². The molecule has 0 aromatic heterocycles. The molecule has 0 aliphatic carbocycles. The molecule has 0 aliphatic heterocycles. The highest BCUT2D eigenvalue weighted by Gasteiger charge is 2.05. The number of terminal acetylenes is 1. The van der Waals surface area contributed by atoms with Crippen LogP contribution in [0.1, 0.15) is 0 Å². The maximum atomic E-state index is 10.1. The molecule has 0 spiro atoms. The summed E-state index contributed by atoms with van der Waals surface area (Å²) in [6.07, 6.45) is 7.55. The fourth-order valence-corrected chi connectivity index (χ4v) is 0.377. The standard InChI is InChI=1S/C7H10N2O2.ClH/c1-2-5(8)3-4-6(9)7(10)11;/h1,3-6H,8-9H2,(H,10,11);1H. The smallest absolute Gasteiger partial charge is 0.324 e. The Labute approximate surface area is 77.0 Å². The number of carboxylic acid groups (broad SMARTS) is 1. The van der Waals surface area contributed by atoms with Gasteiger partial charge in [-0.2, -0.15) is 0 Å². The van der Waals surface area contributed by atoms with Crippen molar-refractivity contribution in [1.82, 2.24) is 0 Å². The molecule has 0 amide bonds. The van der Waals surface area contributed by atoms with E-state index in [-0.39, 0.29) is 12.4 Å². The minimum Gasteiger partial charge on any atom is -0.480 e. The first-order valence-corrected chi connectivity index (χ1v) is 2.96. The fraction of sp³-hybridized carbons (Fsp3) is 0.286. The van der Waals surface area contributed by atoms with Crippen molar-refractivity contribution in [2.75, 3.05) is 0 Å². The summed E-state index contributed by atoms with van der Waals surface area (Å²) in [5, 5.41) is 8.30. The van der Waals surface area contributed by atoms with Crippen molar-refractivity contribution in [3.63, 3.8) is 0 Å². The number of rotatable bonds is 3. The van der Waals surface area contributed by atoms with Crippen molar-refractivity contribution in [2.45, 2.75) is 12.1 Å². The molecule has 5 N–H and O–H groups in total. The lowest BCUT2D eigenvalue weighted by Crippen LogP contribution is -2.28. The quantitative estimate of drug-likeness (QED) is 0.407. The Hall–Kier alpha value is -1.02. The van der Waals surface area contributed by atoms with E-state index in [2.05, 4.69) is 5.92 Å². The van der Waals surface area contributed by atoms with Gasteiger partial charge in [-0.15, -0.1) is 18.8 Å². The van der Waals surface area contributed by atoms with Crippen molar-refractivity contribution in [3.05, 3.63) is 12.2 Å². The minimum absolute atomic E-state index is 0. The Morgan fingerprint density at radius 2 is 2.00 bits per heavy atom. The second-order valence-corrected chi connectivity index (χ2v) is 1.94. The summed E-state index contributed by atoms with van der Waals surface area (Å²) in [7, 11) is 0. The summed E-state index contributed by atoms with van der Waals surface area (Å²) in [6.45, 7) is 0. The molecule has 12 heavy (non-hydrogen) atoms. The highest BCUT2D eigenvalue weighted by atomic mass is 35.5. The summed E-state index contributed by atoms with van der Waals surface area (Å²) in [5.74, 6) is 1.10. The third-order valence-electron chi connectivity index (χ3n) is 1.00. The van der Waals surface area contributed by atoms with E-state index in [9.17, 15) is 4.79 Å². The third-order valence-corrected chi connectivity index (χ3v) is 1.00. The average Bonchev–Trinajstić information content (AvgIpc) is 1.99. The monoisotopic (exact) mass is 190 g/mol. The molecular weight excluding hydrogens is 180 g/mol. The van der Waals surface area contributed by atoms with Crippen LogP contribution in [0.3, 0.4) is 0 Å². The SMILES string of the molecule is C#CC(N)C=CC(N)C(=O)O.Cl. The second kappa shape index (κ2) is 6.68. The van der Waals surface area contributed by atoms with E-state index in [1.807, 2.05) is 0 Å². The van der Waals surface area contributed by atoms with Crippen LogP contribution in [-0.4, -0.2) is 23.2 Å². The van der Waals surface area contributed by atoms with E-state index in [1.54, 1.807) is 0 Å². The van der Waals surface area contributed by atoms with Crippen LogP contribution in [0, 0.1) is 12.3 Å². The largest absolute Gasteiger partial charge is 0.480 e. The summed E-state index contributed by atoms with van der Waals surface area (Å²) >= 11 is 0. The molecule has 0 saturated heterocycles. The highest BCUT2D eigenvalue weighted by molar-refractivity contribution is 5.85. The van der Waals surface area contributed by atoms with Crippen LogP contribution in [0.2, 0.25) is 0 Å². The van der Waals surface area contributed by atoms with Crippen molar-refractivity contribution >= 4 is 18.4 Å². The molecule has 2 unspecified atom stereocenters. The number of carbonyl (C=O) groups is 1. The Kier molecular flexibility index (Phi) is 7.54. The van der Waals surface area contributed by atoms with Gasteiger partial charge in [0.15, 0.2) is 0 Å². The lowest BCUT2D eigenvalue weighted by Gasteiger charge is -1.98. The van der Waals surface area contributed by atoms with Crippen molar-refractivity contribution < 1.29 is 9.90 Å². The number of carboxylic acids is 1.